The Labute approximate surface area is 71.8 Å². The summed E-state index contributed by atoms with van der Waals surface area (Å²) in [6.07, 6.45) is 1.12. The van der Waals surface area contributed by atoms with Gasteiger partial charge in [-0.3, -0.25) is 0 Å². The van der Waals surface area contributed by atoms with Gasteiger partial charge in [0.1, 0.15) is 0 Å². The lowest BCUT2D eigenvalue weighted by atomic mass is 10.2. The standard InChI is InChI=1S/C8H14N2S/c1-4-7(9-3)8-5-6(2)10-11-8/h5,7,9H,4H2,1-3H3. The van der Waals surface area contributed by atoms with E-state index in [1.54, 1.807) is 11.5 Å². The molecule has 0 spiro atoms. The Kier molecular flexibility index (Phi) is 3.02. The van der Waals surface area contributed by atoms with Gasteiger partial charge in [0.05, 0.1) is 5.69 Å². The van der Waals surface area contributed by atoms with Crippen molar-refractivity contribution in [2.45, 2.75) is 26.3 Å². The zero-order chi connectivity index (χ0) is 8.27. The third kappa shape index (κ3) is 2.01. The van der Waals surface area contributed by atoms with Gasteiger partial charge in [0.25, 0.3) is 0 Å². The maximum Gasteiger partial charge on any atom is 0.0514 e. The van der Waals surface area contributed by atoms with Gasteiger partial charge >= 0.3 is 0 Å². The van der Waals surface area contributed by atoms with Gasteiger partial charge in [0.2, 0.25) is 0 Å². The second-order valence-electron chi connectivity index (χ2n) is 2.62. The first-order chi connectivity index (χ1) is 5.27. The lowest BCUT2D eigenvalue weighted by Gasteiger charge is -2.09. The molecule has 1 heterocycles. The number of hydrogen-bond acceptors (Lipinski definition) is 3. The molecule has 11 heavy (non-hydrogen) atoms. The lowest BCUT2D eigenvalue weighted by Crippen LogP contribution is -2.13. The highest BCUT2D eigenvalue weighted by Crippen LogP contribution is 2.20. The van der Waals surface area contributed by atoms with Crippen LogP contribution in [0, 0.1) is 6.92 Å². The third-order valence-corrected chi connectivity index (χ3v) is 2.74. The fourth-order valence-electron chi connectivity index (χ4n) is 1.10. The smallest absolute Gasteiger partial charge is 0.0514 e. The average Bonchev–Trinajstić information content (AvgIpc) is 2.39. The summed E-state index contributed by atoms with van der Waals surface area (Å²) < 4.78 is 4.24. The van der Waals surface area contributed by atoms with E-state index < -0.39 is 0 Å². The van der Waals surface area contributed by atoms with Crippen LogP contribution in [0.5, 0.6) is 0 Å². The first-order valence-corrected chi connectivity index (χ1v) is 4.65. The molecule has 0 saturated heterocycles. The number of hydrogen-bond donors (Lipinski definition) is 1. The summed E-state index contributed by atoms with van der Waals surface area (Å²) in [5.74, 6) is 0. The first-order valence-electron chi connectivity index (χ1n) is 3.88. The molecule has 62 valence electrons. The number of aryl methyl sites for hydroxylation is 1. The van der Waals surface area contributed by atoms with Crippen molar-refractivity contribution in [1.82, 2.24) is 9.69 Å². The molecule has 1 N–H and O–H groups in total. The van der Waals surface area contributed by atoms with E-state index in [1.807, 2.05) is 14.0 Å². The Bertz CT molecular complexity index is 216. The Hall–Kier alpha value is -0.410. The van der Waals surface area contributed by atoms with Crippen molar-refractivity contribution >= 4 is 11.5 Å². The quantitative estimate of drug-likeness (QED) is 0.751. The highest BCUT2D eigenvalue weighted by molar-refractivity contribution is 7.05. The van der Waals surface area contributed by atoms with Gasteiger partial charge in [0.15, 0.2) is 0 Å². The summed E-state index contributed by atoms with van der Waals surface area (Å²) in [6.45, 7) is 4.21. The van der Waals surface area contributed by atoms with E-state index in [-0.39, 0.29) is 0 Å². The maximum atomic E-state index is 4.24. The van der Waals surface area contributed by atoms with Crippen molar-refractivity contribution in [3.05, 3.63) is 16.6 Å². The number of rotatable bonds is 3. The molecule has 0 saturated carbocycles. The Morgan fingerprint density at radius 2 is 2.45 bits per heavy atom. The Balaban J connectivity index is 2.73. The van der Waals surface area contributed by atoms with E-state index in [4.69, 9.17) is 0 Å². The molecule has 0 bridgehead atoms. The molecule has 0 amide bonds. The SMILES string of the molecule is CCC(NC)c1cc(C)ns1. The molecular formula is C8H14N2S. The second kappa shape index (κ2) is 3.83. The van der Waals surface area contributed by atoms with Gasteiger partial charge in [-0.1, -0.05) is 6.92 Å². The number of nitrogens with zero attached hydrogens (tertiary/aromatic N) is 1. The van der Waals surface area contributed by atoms with Crippen molar-refractivity contribution in [2.24, 2.45) is 0 Å². The van der Waals surface area contributed by atoms with E-state index in [0.29, 0.717) is 6.04 Å². The van der Waals surface area contributed by atoms with E-state index >= 15 is 0 Å². The van der Waals surface area contributed by atoms with E-state index in [9.17, 15) is 0 Å². The van der Waals surface area contributed by atoms with Gasteiger partial charge in [-0.2, -0.15) is 4.37 Å². The predicted octanol–water partition coefficient (Wildman–Crippen LogP) is 2.12. The summed E-state index contributed by atoms with van der Waals surface area (Å²) in [4.78, 5) is 1.34. The van der Waals surface area contributed by atoms with Crippen molar-refractivity contribution < 1.29 is 0 Å². The van der Waals surface area contributed by atoms with E-state index in [0.717, 1.165) is 12.1 Å². The molecule has 2 nitrogen and oxygen atoms in total. The normalized spacial score (nSPS) is 13.4. The van der Waals surface area contributed by atoms with Gasteiger partial charge in [-0.15, -0.1) is 0 Å². The number of nitrogens with one attached hydrogen (secondary N) is 1. The maximum absolute atomic E-state index is 4.24. The summed E-state index contributed by atoms with van der Waals surface area (Å²) in [5, 5.41) is 3.25. The van der Waals surface area contributed by atoms with Crippen LogP contribution in [0.15, 0.2) is 6.07 Å². The molecule has 0 fully saturated rings. The minimum atomic E-state index is 0.487. The second-order valence-corrected chi connectivity index (χ2v) is 3.46. The fraction of sp³-hybridized carbons (Fsp3) is 0.625. The molecular weight excluding hydrogens is 156 g/mol. The Morgan fingerprint density at radius 3 is 2.82 bits per heavy atom. The zero-order valence-corrected chi connectivity index (χ0v) is 8.03. The summed E-state index contributed by atoms with van der Waals surface area (Å²) >= 11 is 1.59. The molecule has 0 aromatic carbocycles. The summed E-state index contributed by atoms with van der Waals surface area (Å²) in [5.41, 5.74) is 1.12. The van der Waals surface area contributed by atoms with Crippen LogP contribution < -0.4 is 5.32 Å². The van der Waals surface area contributed by atoms with Crippen LogP contribution in [0.3, 0.4) is 0 Å². The molecule has 1 rings (SSSR count). The van der Waals surface area contributed by atoms with Gasteiger partial charge in [-0.25, -0.2) is 0 Å². The molecule has 0 aliphatic carbocycles. The molecule has 1 aromatic rings. The largest absolute Gasteiger partial charge is 0.312 e. The summed E-state index contributed by atoms with van der Waals surface area (Å²) in [6, 6.07) is 2.64. The van der Waals surface area contributed by atoms with Gasteiger partial charge < -0.3 is 5.32 Å². The highest BCUT2D eigenvalue weighted by atomic mass is 32.1. The van der Waals surface area contributed by atoms with Crippen LogP contribution in [0.4, 0.5) is 0 Å². The van der Waals surface area contributed by atoms with Crippen LogP contribution in [0.1, 0.15) is 30.0 Å². The van der Waals surface area contributed by atoms with E-state index in [2.05, 4.69) is 22.7 Å². The molecule has 3 heteroatoms. The molecule has 1 atom stereocenters. The van der Waals surface area contributed by atoms with E-state index in [1.165, 1.54) is 4.88 Å². The van der Waals surface area contributed by atoms with Gasteiger partial charge in [0, 0.05) is 10.9 Å². The van der Waals surface area contributed by atoms with Crippen LogP contribution in [0.2, 0.25) is 0 Å². The Morgan fingerprint density at radius 1 is 1.73 bits per heavy atom. The highest BCUT2D eigenvalue weighted by Gasteiger charge is 2.08. The zero-order valence-electron chi connectivity index (χ0n) is 7.22. The third-order valence-electron chi connectivity index (χ3n) is 1.75. The fourth-order valence-corrected chi connectivity index (χ4v) is 2.03. The van der Waals surface area contributed by atoms with Crippen LogP contribution in [0.25, 0.3) is 0 Å². The van der Waals surface area contributed by atoms with Crippen molar-refractivity contribution in [3.8, 4) is 0 Å². The van der Waals surface area contributed by atoms with Crippen molar-refractivity contribution in [2.75, 3.05) is 7.05 Å². The number of aromatic nitrogens is 1. The molecule has 0 aliphatic rings. The molecule has 0 radical (unpaired) electrons. The van der Waals surface area contributed by atoms with Crippen molar-refractivity contribution in [1.29, 1.82) is 0 Å². The minimum absolute atomic E-state index is 0.487. The molecule has 0 aliphatic heterocycles. The topological polar surface area (TPSA) is 24.9 Å². The molecule has 1 unspecified atom stereocenters. The van der Waals surface area contributed by atoms with Crippen molar-refractivity contribution in [3.63, 3.8) is 0 Å². The van der Waals surface area contributed by atoms with Crippen LogP contribution >= 0.6 is 11.5 Å². The lowest BCUT2D eigenvalue weighted by molar-refractivity contribution is 0.586. The minimum Gasteiger partial charge on any atom is -0.312 e. The van der Waals surface area contributed by atoms with Gasteiger partial charge in [-0.05, 0) is 38.0 Å². The van der Waals surface area contributed by atoms with Crippen LogP contribution in [-0.4, -0.2) is 11.4 Å². The molecule has 1 aromatic heterocycles. The first kappa shape index (κ1) is 8.68. The van der Waals surface area contributed by atoms with Crippen LogP contribution in [-0.2, 0) is 0 Å². The average molecular weight is 170 g/mol. The monoisotopic (exact) mass is 170 g/mol. The predicted molar refractivity (Wildman–Crippen MR) is 48.9 cm³/mol. The summed E-state index contributed by atoms with van der Waals surface area (Å²) in [7, 11) is 1.99.